The molecule has 2 aromatic rings. The summed E-state index contributed by atoms with van der Waals surface area (Å²) in [6.45, 7) is 2.09. The molecule has 3 aliphatic rings. The fourth-order valence-electron chi connectivity index (χ4n) is 3.72. The lowest BCUT2D eigenvalue weighted by molar-refractivity contribution is 0.0241. The van der Waals surface area contributed by atoms with E-state index in [4.69, 9.17) is 9.26 Å². The molecule has 1 atom stereocenters. The maximum absolute atomic E-state index is 12.6. The average Bonchev–Trinajstić information content (AvgIpc) is 3.20. The lowest BCUT2D eigenvalue weighted by atomic mass is 9.92. The van der Waals surface area contributed by atoms with Crippen LogP contribution in [0.2, 0.25) is 0 Å². The first kappa shape index (κ1) is 16.3. The number of ether oxygens (including phenoxy) is 1. The van der Waals surface area contributed by atoms with Crippen molar-refractivity contribution in [2.45, 2.75) is 42.6 Å². The van der Waals surface area contributed by atoms with Crippen LogP contribution in [0.5, 0.6) is 0 Å². The van der Waals surface area contributed by atoms with E-state index >= 15 is 0 Å². The topological polar surface area (TPSA) is 68.5 Å². The van der Waals surface area contributed by atoms with Gasteiger partial charge in [-0.25, -0.2) is 0 Å². The van der Waals surface area contributed by atoms with E-state index < -0.39 is 0 Å². The molecule has 0 radical (unpaired) electrons. The predicted molar refractivity (Wildman–Crippen MR) is 97.0 cm³/mol. The molecule has 4 heterocycles. The van der Waals surface area contributed by atoms with Gasteiger partial charge in [0.05, 0.1) is 23.2 Å². The maximum atomic E-state index is 12.6. The molecule has 0 bridgehead atoms. The zero-order valence-corrected chi connectivity index (χ0v) is 15.3. The number of nitrogens with zero attached hydrogens (tertiary/aromatic N) is 3. The molecule has 5 rings (SSSR count). The molecule has 2 aromatic heterocycles. The Kier molecular flexibility index (Phi) is 4.01. The lowest BCUT2D eigenvalue weighted by Crippen LogP contribution is -2.60. The molecule has 1 aliphatic carbocycles. The Morgan fingerprint density at radius 1 is 1.38 bits per heavy atom. The molecule has 1 spiro atoms. The van der Waals surface area contributed by atoms with Crippen LogP contribution >= 0.6 is 11.8 Å². The number of amides is 1. The largest absolute Gasteiger partial charge is 0.371 e. The molecule has 1 amide bonds. The summed E-state index contributed by atoms with van der Waals surface area (Å²) in [5.41, 5.74) is 1.41. The molecular formula is C19H21N3O3S. The Morgan fingerprint density at radius 3 is 3.04 bits per heavy atom. The van der Waals surface area contributed by atoms with E-state index in [1.165, 1.54) is 0 Å². The van der Waals surface area contributed by atoms with E-state index in [2.05, 4.69) is 10.1 Å². The van der Waals surface area contributed by atoms with Gasteiger partial charge in [0.25, 0.3) is 5.91 Å². The van der Waals surface area contributed by atoms with Crippen LogP contribution in [0.1, 0.15) is 47.1 Å². The van der Waals surface area contributed by atoms with Gasteiger partial charge in [0, 0.05) is 37.0 Å². The fourth-order valence-corrected chi connectivity index (χ4v) is 5.27. The van der Waals surface area contributed by atoms with Crippen LogP contribution in [0.4, 0.5) is 0 Å². The van der Waals surface area contributed by atoms with E-state index in [0.717, 1.165) is 49.6 Å². The lowest BCUT2D eigenvalue weighted by Gasteiger charge is -2.47. The van der Waals surface area contributed by atoms with Gasteiger partial charge in [0.15, 0.2) is 5.69 Å². The summed E-state index contributed by atoms with van der Waals surface area (Å²) < 4.78 is 11.5. The van der Waals surface area contributed by atoms with Crippen molar-refractivity contribution in [2.75, 3.05) is 18.8 Å². The second kappa shape index (κ2) is 6.39. The second-order valence-corrected chi connectivity index (χ2v) is 8.99. The monoisotopic (exact) mass is 371 g/mol. The van der Waals surface area contributed by atoms with Crippen LogP contribution in [0, 0.1) is 0 Å². The van der Waals surface area contributed by atoms with Gasteiger partial charge in [-0.15, -0.1) is 11.8 Å². The minimum absolute atomic E-state index is 0.00951. The molecule has 26 heavy (non-hydrogen) atoms. The quantitative estimate of drug-likeness (QED) is 0.805. The summed E-state index contributed by atoms with van der Waals surface area (Å²) >= 11 is 1.93. The predicted octanol–water partition coefficient (Wildman–Crippen LogP) is 2.86. The van der Waals surface area contributed by atoms with Crippen LogP contribution in [0.15, 0.2) is 35.0 Å². The molecule has 136 valence electrons. The highest BCUT2D eigenvalue weighted by molar-refractivity contribution is 8.01. The van der Waals surface area contributed by atoms with Crippen LogP contribution in [-0.4, -0.2) is 50.6 Å². The van der Waals surface area contributed by atoms with E-state index in [9.17, 15) is 4.79 Å². The molecule has 0 N–H and O–H groups in total. The van der Waals surface area contributed by atoms with Crippen molar-refractivity contribution in [3.8, 4) is 0 Å². The Balaban J connectivity index is 1.13. The maximum Gasteiger partial charge on any atom is 0.276 e. The minimum Gasteiger partial charge on any atom is -0.371 e. The van der Waals surface area contributed by atoms with Gasteiger partial charge in [-0.2, -0.15) is 0 Å². The summed E-state index contributed by atoms with van der Waals surface area (Å²) in [5.74, 6) is 2.31. The first-order chi connectivity index (χ1) is 12.7. The molecule has 0 aromatic carbocycles. The van der Waals surface area contributed by atoms with E-state index in [0.29, 0.717) is 18.2 Å². The van der Waals surface area contributed by atoms with Crippen LogP contribution in [0.3, 0.4) is 0 Å². The number of rotatable bonds is 5. The summed E-state index contributed by atoms with van der Waals surface area (Å²) in [5, 5.41) is 3.97. The van der Waals surface area contributed by atoms with E-state index in [1.807, 2.05) is 40.9 Å². The zero-order valence-electron chi connectivity index (χ0n) is 14.5. The van der Waals surface area contributed by atoms with Crippen LogP contribution in [-0.2, 0) is 11.3 Å². The number of hydrogen-bond donors (Lipinski definition) is 0. The molecule has 3 fully saturated rings. The summed E-state index contributed by atoms with van der Waals surface area (Å²) in [4.78, 5) is 18.7. The van der Waals surface area contributed by atoms with Crippen molar-refractivity contribution in [3.05, 3.63) is 47.6 Å². The van der Waals surface area contributed by atoms with Gasteiger partial charge in [-0.05, 0) is 31.4 Å². The minimum atomic E-state index is -0.00951. The van der Waals surface area contributed by atoms with Gasteiger partial charge in [-0.3, -0.25) is 9.78 Å². The fraction of sp³-hybridized carbons (Fsp3) is 0.526. The average molecular weight is 371 g/mol. The number of aromatic nitrogens is 2. The van der Waals surface area contributed by atoms with E-state index in [-0.39, 0.29) is 16.8 Å². The van der Waals surface area contributed by atoms with Gasteiger partial charge in [0.2, 0.25) is 0 Å². The summed E-state index contributed by atoms with van der Waals surface area (Å²) in [7, 11) is 0. The van der Waals surface area contributed by atoms with Crippen molar-refractivity contribution >= 4 is 17.7 Å². The van der Waals surface area contributed by atoms with E-state index in [1.54, 1.807) is 6.20 Å². The molecule has 1 saturated carbocycles. The number of thioether (sulfide) groups is 1. The van der Waals surface area contributed by atoms with Gasteiger partial charge in [-0.1, -0.05) is 11.2 Å². The number of carbonyl (C=O) groups is 1. The molecular weight excluding hydrogens is 350 g/mol. The normalized spacial score (nSPS) is 24.0. The van der Waals surface area contributed by atoms with Crippen molar-refractivity contribution in [2.24, 2.45) is 0 Å². The third-order valence-corrected chi connectivity index (χ3v) is 6.92. The molecule has 7 heteroatoms. The first-order valence-corrected chi connectivity index (χ1v) is 10.1. The van der Waals surface area contributed by atoms with Gasteiger partial charge < -0.3 is 14.2 Å². The van der Waals surface area contributed by atoms with Crippen molar-refractivity contribution in [1.29, 1.82) is 0 Å². The standard InChI is InChI=1S/C19H21N3O3S/c23-18(16-7-17(25-21-16)13-4-5-13)22-11-19(12-22)8-15(10-26-19)24-9-14-3-1-2-6-20-14/h1-3,6-7,13,15H,4-5,8-12H2/t15-/m1/s1. The van der Waals surface area contributed by atoms with Crippen LogP contribution < -0.4 is 0 Å². The molecule has 2 saturated heterocycles. The molecule has 2 aliphatic heterocycles. The number of hydrogen-bond acceptors (Lipinski definition) is 6. The second-order valence-electron chi connectivity index (χ2n) is 7.50. The number of likely N-dealkylation sites (tertiary alicyclic amines) is 1. The highest BCUT2D eigenvalue weighted by Gasteiger charge is 2.51. The first-order valence-electron chi connectivity index (χ1n) is 9.12. The van der Waals surface area contributed by atoms with Crippen molar-refractivity contribution < 1.29 is 14.1 Å². The Bertz CT molecular complexity index is 799. The highest BCUT2D eigenvalue weighted by Crippen LogP contribution is 2.46. The number of pyridine rings is 1. The highest BCUT2D eigenvalue weighted by atomic mass is 32.2. The Morgan fingerprint density at radius 2 is 2.27 bits per heavy atom. The number of carbonyl (C=O) groups excluding carboxylic acids is 1. The van der Waals surface area contributed by atoms with Crippen LogP contribution in [0.25, 0.3) is 0 Å². The third kappa shape index (κ3) is 3.14. The SMILES string of the molecule is O=C(c1cc(C2CC2)on1)N1CC2(C[C@@H](OCc3ccccn3)CS2)C1. The molecule has 6 nitrogen and oxygen atoms in total. The smallest absolute Gasteiger partial charge is 0.276 e. The third-order valence-electron chi connectivity index (χ3n) is 5.34. The van der Waals surface area contributed by atoms with Gasteiger partial charge in [0.1, 0.15) is 5.76 Å². The molecule has 0 unspecified atom stereocenters. The Labute approximate surface area is 156 Å². The summed E-state index contributed by atoms with van der Waals surface area (Å²) in [6, 6.07) is 7.69. The zero-order chi connectivity index (χ0) is 17.6. The van der Waals surface area contributed by atoms with Gasteiger partial charge >= 0.3 is 0 Å². The van der Waals surface area contributed by atoms with Crippen molar-refractivity contribution in [3.63, 3.8) is 0 Å². The van der Waals surface area contributed by atoms with Crippen molar-refractivity contribution in [1.82, 2.24) is 15.0 Å². The summed E-state index contributed by atoms with van der Waals surface area (Å²) in [6.07, 6.45) is 5.30. The Hall–Kier alpha value is -1.86.